The number of aliphatic imine (C=N–C) groups is 1. The van der Waals surface area contributed by atoms with Crippen molar-refractivity contribution in [2.24, 2.45) is 4.99 Å². The first-order chi connectivity index (χ1) is 13.3. The van der Waals surface area contributed by atoms with Gasteiger partial charge in [0.1, 0.15) is 5.84 Å². The fourth-order valence-electron chi connectivity index (χ4n) is 3.36. The van der Waals surface area contributed by atoms with E-state index in [1.165, 1.54) is 0 Å². The van der Waals surface area contributed by atoms with Gasteiger partial charge in [0.15, 0.2) is 23.7 Å². The smallest absolute Gasteiger partial charge is 0.162 e. The minimum atomic E-state index is -0.330. The second-order valence-corrected chi connectivity index (χ2v) is 6.30. The third kappa shape index (κ3) is 4.42. The van der Waals surface area contributed by atoms with Crippen LogP contribution in [0.15, 0.2) is 59.6 Å². The van der Waals surface area contributed by atoms with Gasteiger partial charge in [-0.3, -0.25) is 4.99 Å². The summed E-state index contributed by atoms with van der Waals surface area (Å²) in [5.41, 5.74) is 1.04. The Kier molecular flexibility index (Phi) is 6.71. The molecule has 0 radical (unpaired) electrons. The van der Waals surface area contributed by atoms with Gasteiger partial charge in [-0.25, -0.2) is 0 Å². The third-order valence-electron chi connectivity index (χ3n) is 4.66. The number of likely N-dealkylation sites (N-methyl/N-ethyl adjacent to an activating group) is 1. The molecule has 3 rings (SSSR count). The zero-order chi connectivity index (χ0) is 19.1. The van der Waals surface area contributed by atoms with Crippen LogP contribution >= 0.6 is 0 Å². The zero-order valence-electron chi connectivity index (χ0n) is 16.3. The van der Waals surface area contributed by atoms with Crippen molar-refractivity contribution in [3.63, 3.8) is 0 Å². The molecule has 1 heterocycles. The van der Waals surface area contributed by atoms with E-state index in [9.17, 15) is 0 Å². The standard InChI is InChI=1S/C22H28N2O3/c1-4-24-16-15-23-22(24)21(25-3)20(17-11-7-6-8-12-17)27-19-14-10-9-13-18(19)26-5-2/h6-14,20-21H,4-5,15-16H2,1-3H3/t20-,21-/m0/s1. The van der Waals surface area contributed by atoms with E-state index < -0.39 is 0 Å². The van der Waals surface area contributed by atoms with Gasteiger partial charge in [-0.2, -0.15) is 0 Å². The number of nitrogens with zero attached hydrogens (tertiary/aromatic N) is 2. The van der Waals surface area contributed by atoms with Crippen LogP contribution in [0.25, 0.3) is 0 Å². The van der Waals surface area contributed by atoms with Crippen LogP contribution in [-0.2, 0) is 4.74 Å². The Morgan fingerprint density at radius 3 is 2.33 bits per heavy atom. The molecule has 0 aliphatic carbocycles. The molecule has 27 heavy (non-hydrogen) atoms. The van der Waals surface area contributed by atoms with Crippen LogP contribution in [-0.4, -0.2) is 50.2 Å². The van der Waals surface area contributed by atoms with Gasteiger partial charge in [-0.1, -0.05) is 42.5 Å². The number of rotatable bonds is 9. The van der Waals surface area contributed by atoms with Crippen molar-refractivity contribution in [3.8, 4) is 11.5 Å². The maximum Gasteiger partial charge on any atom is 0.162 e. The first-order valence-electron chi connectivity index (χ1n) is 9.54. The van der Waals surface area contributed by atoms with E-state index in [4.69, 9.17) is 19.2 Å². The molecule has 0 saturated carbocycles. The predicted molar refractivity (Wildman–Crippen MR) is 108 cm³/mol. The van der Waals surface area contributed by atoms with Gasteiger partial charge in [0.2, 0.25) is 0 Å². The third-order valence-corrected chi connectivity index (χ3v) is 4.66. The predicted octanol–water partition coefficient (Wildman–Crippen LogP) is 3.95. The first-order valence-corrected chi connectivity index (χ1v) is 9.54. The van der Waals surface area contributed by atoms with E-state index in [-0.39, 0.29) is 12.2 Å². The topological polar surface area (TPSA) is 43.3 Å². The molecule has 0 aromatic heterocycles. The Morgan fingerprint density at radius 2 is 1.67 bits per heavy atom. The molecular formula is C22H28N2O3. The summed E-state index contributed by atoms with van der Waals surface area (Å²) >= 11 is 0. The Hall–Kier alpha value is -2.53. The Labute approximate surface area is 161 Å². The van der Waals surface area contributed by atoms with Crippen molar-refractivity contribution < 1.29 is 14.2 Å². The van der Waals surface area contributed by atoms with Crippen molar-refractivity contribution in [1.82, 2.24) is 4.90 Å². The molecular weight excluding hydrogens is 340 g/mol. The summed E-state index contributed by atoms with van der Waals surface area (Å²) in [4.78, 5) is 6.96. The van der Waals surface area contributed by atoms with E-state index in [0.29, 0.717) is 12.4 Å². The first kappa shape index (κ1) is 19.2. The summed E-state index contributed by atoms with van der Waals surface area (Å²) in [5.74, 6) is 2.39. The van der Waals surface area contributed by atoms with Crippen molar-refractivity contribution >= 4 is 5.84 Å². The molecule has 0 unspecified atom stereocenters. The lowest BCUT2D eigenvalue weighted by molar-refractivity contribution is 0.0352. The molecule has 5 heteroatoms. The van der Waals surface area contributed by atoms with Crippen LogP contribution in [0.4, 0.5) is 0 Å². The van der Waals surface area contributed by atoms with Crippen molar-refractivity contribution in [2.45, 2.75) is 26.1 Å². The molecule has 1 aliphatic heterocycles. The molecule has 0 spiro atoms. The normalized spacial score (nSPS) is 16.0. The largest absolute Gasteiger partial charge is 0.490 e. The Morgan fingerprint density at radius 1 is 0.963 bits per heavy atom. The molecule has 2 atom stereocenters. The Balaban J connectivity index is 1.97. The van der Waals surface area contributed by atoms with Crippen LogP contribution in [0.2, 0.25) is 0 Å². The lowest BCUT2D eigenvalue weighted by Gasteiger charge is -2.31. The van der Waals surface area contributed by atoms with E-state index in [0.717, 1.165) is 36.8 Å². The SMILES string of the molecule is CCOc1ccccc1O[C@@H](c1ccccc1)[C@H](OC)C1=NCCN1CC. The quantitative estimate of drug-likeness (QED) is 0.672. The highest BCUT2D eigenvalue weighted by Crippen LogP contribution is 2.34. The lowest BCUT2D eigenvalue weighted by Crippen LogP contribution is -2.42. The van der Waals surface area contributed by atoms with E-state index in [1.807, 2.05) is 49.4 Å². The molecule has 1 aliphatic rings. The minimum Gasteiger partial charge on any atom is -0.490 e. The summed E-state index contributed by atoms with van der Waals surface area (Å²) in [6.07, 6.45) is -0.631. The van der Waals surface area contributed by atoms with Crippen molar-refractivity contribution in [3.05, 3.63) is 60.2 Å². The van der Waals surface area contributed by atoms with Gasteiger partial charge >= 0.3 is 0 Å². The molecule has 5 nitrogen and oxygen atoms in total. The average molecular weight is 368 g/mol. The van der Waals surface area contributed by atoms with E-state index in [1.54, 1.807) is 7.11 Å². The molecule has 2 aromatic rings. The maximum absolute atomic E-state index is 6.49. The fraction of sp³-hybridized carbons (Fsp3) is 0.409. The highest BCUT2D eigenvalue weighted by Gasteiger charge is 2.34. The van der Waals surface area contributed by atoms with Gasteiger partial charge < -0.3 is 19.1 Å². The monoisotopic (exact) mass is 368 g/mol. The van der Waals surface area contributed by atoms with Gasteiger partial charge in [-0.15, -0.1) is 0 Å². The summed E-state index contributed by atoms with van der Waals surface area (Å²) < 4.78 is 18.2. The fourth-order valence-corrected chi connectivity index (χ4v) is 3.36. The van der Waals surface area contributed by atoms with Gasteiger partial charge in [-0.05, 0) is 31.5 Å². The highest BCUT2D eigenvalue weighted by molar-refractivity contribution is 5.88. The number of ether oxygens (including phenoxy) is 3. The molecule has 0 saturated heterocycles. The summed E-state index contributed by atoms with van der Waals surface area (Å²) in [6.45, 7) is 7.30. The number of para-hydroxylation sites is 2. The number of hydrogen-bond acceptors (Lipinski definition) is 5. The molecule has 144 valence electrons. The molecule has 2 aromatic carbocycles. The van der Waals surface area contributed by atoms with Crippen LogP contribution in [0.1, 0.15) is 25.5 Å². The number of benzene rings is 2. The van der Waals surface area contributed by atoms with Gasteiger partial charge in [0.25, 0.3) is 0 Å². The van der Waals surface area contributed by atoms with Crippen molar-refractivity contribution in [2.75, 3.05) is 33.4 Å². The molecule has 0 amide bonds. The van der Waals surface area contributed by atoms with Crippen molar-refractivity contribution in [1.29, 1.82) is 0 Å². The van der Waals surface area contributed by atoms with Crippen LogP contribution in [0, 0.1) is 0 Å². The average Bonchev–Trinajstić information content (AvgIpc) is 3.18. The van der Waals surface area contributed by atoms with Gasteiger partial charge in [0, 0.05) is 20.2 Å². The molecule has 0 fully saturated rings. The summed E-state index contributed by atoms with van der Waals surface area (Å²) in [6, 6.07) is 17.9. The minimum absolute atomic E-state index is 0.301. The second-order valence-electron chi connectivity index (χ2n) is 6.30. The van der Waals surface area contributed by atoms with E-state index in [2.05, 4.69) is 24.0 Å². The highest BCUT2D eigenvalue weighted by atomic mass is 16.6. The number of amidine groups is 1. The molecule has 0 N–H and O–H groups in total. The van der Waals surface area contributed by atoms with Crippen LogP contribution < -0.4 is 9.47 Å². The summed E-state index contributed by atoms with van der Waals surface area (Å²) in [5, 5.41) is 0. The zero-order valence-corrected chi connectivity index (χ0v) is 16.3. The maximum atomic E-state index is 6.49. The number of methoxy groups -OCH3 is 1. The second kappa shape index (κ2) is 9.42. The summed E-state index contributed by atoms with van der Waals surface area (Å²) in [7, 11) is 1.72. The molecule has 0 bridgehead atoms. The van der Waals surface area contributed by atoms with E-state index >= 15 is 0 Å². The Bertz CT molecular complexity index is 748. The lowest BCUT2D eigenvalue weighted by atomic mass is 10.0. The van der Waals surface area contributed by atoms with Gasteiger partial charge in [0.05, 0.1) is 13.2 Å². The van der Waals surface area contributed by atoms with Crippen LogP contribution in [0.3, 0.4) is 0 Å². The van der Waals surface area contributed by atoms with Crippen LogP contribution in [0.5, 0.6) is 11.5 Å². The number of hydrogen-bond donors (Lipinski definition) is 0.